The molecular weight excluding hydrogens is 363 g/mol. The van der Waals surface area contributed by atoms with Crippen molar-refractivity contribution in [1.29, 1.82) is 0 Å². The van der Waals surface area contributed by atoms with Crippen LogP contribution in [0.4, 0.5) is 4.39 Å². The van der Waals surface area contributed by atoms with Gasteiger partial charge in [0, 0.05) is 25.4 Å². The van der Waals surface area contributed by atoms with Crippen molar-refractivity contribution < 1.29 is 14.0 Å². The van der Waals surface area contributed by atoms with E-state index in [4.69, 9.17) is 0 Å². The van der Waals surface area contributed by atoms with Crippen molar-refractivity contribution in [2.45, 2.75) is 45.1 Å². The highest BCUT2D eigenvalue weighted by Crippen LogP contribution is 2.23. The zero-order valence-electron chi connectivity index (χ0n) is 13.0. The molecule has 0 radical (unpaired) electrons. The maximum Gasteiger partial charge on any atom is 0.223 e. The van der Waals surface area contributed by atoms with Crippen molar-refractivity contribution in [2.75, 3.05) is 6.54 Å². The Morgan fingerprint density at radius 2 is 1.91 bits per heavy atom. The zero-order valence-corrected chi connectivity index (χ0v) is 14.6. The number of nitrogens with one attached hydrogen (secondary N) is 2. The smallest absolute Gasteiger partial charge is 0.223 e. The molecule has 0 aromatic heterocycles. The summed E-state index contributed by atoms with van der Waals surface area (Å²) >= 11 is 3.09. The first kappa shape index (κ1) is 17.9. The van der Waals surface area contributed by atoms with E-state index in [1.807, 2.05) is 0 Å². The molecule has 2 rings (SSSR count). The molecule has 4 nitrogen and oxygen atoms in total. The average molecular weight is 385 g/mol. The molecule has 1 fully saturated rings. The molecule has 0 spiro atoms. The van der Waals surface area contributed by atoms with Crippen molar-refractivity contribution in [3.05, 3.63) is 34.1 Å². The first-order chi connectivity index (χ1) is 11.1. The van der Waals surface area contributed by atoms with Crippen molar-refractivity contribution in [2.24, 2.45) is 5.92 Å². The maximum absolute atomic E-state index is 13.4. The van der Waals surface area contributed by atoms with Gasteiger partial charge in [-0.1, -0.05) is 25.3 Å². The summed E-state index contributed by atoms with van der Waals surface area (Å²) in [5.41, 5.74) is 0.699. The predicted octanol–water partition coefficient (Wildman–Crippen LogP) is 3.29. The monoisotopic (exact) mass is 384 g/mol. The van der Waals surface area contributed by atoms with Gasteiger partial charge in [0.15, 0.2) is 0 Å². The molecule has 0 saturated heterocycles. The number of benzene rings is 1. The Balaban J connectivity index is 1.64. The molecule has 0 aliphatic heterocycles. The summed E-state index contributed by atoms with van der Waals surface area (Å²) in [5, 5.41) is 5.56. The highest BCUT2D eigenvalue weighted by Gasteiger charge is 2.20. The number of halogens is 2. The molecule has 0 atom stereocenters. The summed E-state index contributed by atoms with van der Waals surface area (Å²) in [6.07, 6.45) is 5.57. The second-order valence-corrected chi connectivity index (χ2v) is 6.76. The standard InChI is InChI=1S/C17H22BrFN2O2/c18-14-7-6-12(10-15(14)19)11-21-16(22)8-9-20-17(23)13-4-2-1-3-5-13/h6-7,10,13H,1-5,8-9,11H2,(H,20,23)(H,21,22). The van der Waals surface area contributed by atoms with Gasteiger partial charge in [-0.15, -0.1) is 0 Å². The molecule has 1 aliphatic carbocycles. The molecule has 1 aliphatic rings. The van der Waals surface area contributed by atoms with Crippen molar-refractivity contribution >= 4 is 27.7 Å². The van der Waals surface area contributed by atoms with Crippen LogP contribution in [0, 0.1) is 11.7 Å². The van der Waals surface area contributed by atoms with Crippen LogP contribution in [0.25, 0.3) is 0 Å². The minimum atomic E-state index is -0.350. The lowest BCUT2D eigenvalue weighted by atomic mass is 9.89. The van der Waals surface area contributed by atoms with E-state index in [1.165, 1.54) is 12.5 Å². The molecule has 1 saturated carbocycles. The lowest BCUT2D eigenvalue weighted by molar-refractivity contribution is -0.126. The van der Waals surface area contributed by atoms with E-state index in [9.17, 15) is 14.0 Å². The third kappa shape index (κ3) is 5.94. The lowest BCUT2D eigenvalue weighted by Gasteiger charge is -2.20. The summed E-state index contributed by atoms with van der Waals surface area (Å²) in [4.78, 5) is 23.7. The van der Waals surface area contributed by atoms with Crippen molar-refractivity contribution in [1.82, 2.24) is 10.6 Å². The quantitative estimate of drug-likeness (QED) is 0.790. The second-order valence-electron chi connectivity index (χ2n) is 5.90. The number of hydrogen-bond acceptors (Lipinski definition) is 2. The predicted molar refractivity (Wildman–Crippen MR) is 90.1 cm³/mol. The number of rotatable bonds is 6. The molecule has 0 bridgehead atoms. The number of hydrogen-bond donors (Lipinski definition) is 2. The SMILES string of the molecule is O=C(CCNC(=O)C1CCCCC1)NCc1ccc(Br)c(F)c1. The van der Waals surface area contributed by atoms with E-state index in [2.05, 4.69) is 26.6 Å². The Labute approximate surface area is 144 Å². The van der Waals surface area contributed by atoms with Crippen LogP contribution in [-0.2, 0) is 16.1 Å². The molecule has 1 aromatic carbocycles. The number of amides is 2. The summed E-state index contributed by atoms with van der Waals surface area (Å²) in [7, 11) is 0. The topological polar surface area (TPSA) is 58.2 Å². The van der Waals surface area contributed by atoms with Crippen LogP contribution >= 0.6 is 15.9 Å². The number of carbonyl (C=O) groups excluding carboxylic acids is 2. The Morgan fingerprint density at radius 3 is 2.61 bits per heavy atom. The molecule has 0 heterocycles. The summed E-state index contributed by atoms with van der Waals surface area (Å²) < 4.78 is 13.8. The molecule has 0 unspecified atom stereocenters. The molecular formula is C17H22BrFN2O2. The minimum absolute atomic E-state index is 0.0625. The first-order valence-electron chi connectivity index (χ1n) is 8.04. The molecule has 2 amide bonds. The van der Waals surface area contributed by atoms with E-state index in [1.54, 1.807) is 12.1 Å². The van der Waals surface area contributed by atoms with E-state index in [-0.39, 0.29) is 36.5 Å². The van der Waals surface area contributed by atoms with Gasteiger partial charge in [0.1, 0.15) is 5.82 Å². The Morgan fingerprint density at radius 1 is 1.17 bits per heavy atom. The van der Waals surface area contributed by atoms with Gasteiger partial charge in [-0.05, 0) is 46.5 Å². The molecule has 6 heteroatoms. The second kappa shape index (κ2) is 9.01. The maximum atomic E-state index is 13.4. The van der Waals surface area contributed by atoms with Crippen LogP contribution in [0.15, 0.2) is 22.7 Å². The van der Waals surface area contributed by atoms with E-state index < -0.39 is 0 Å². The van der Waals surface area contributed by atoms with Crippen molar-refractivity contribution in [3.8, 4) is 0 Å². The Bertz CT molecular complexity index is 560. The van der Waals surface area contributed by atoms with Gasteiger partial charge in [-0.3, -0.25) is 9.59 Å². The Hall–Kier alpha value is -1.43. The fraction of sp³-hybridized carbons (Fsp3) is 0.529. The summed E-state index contributed by atoms with van der Waals surface area (Å²) in [6.45, 7) is 0.621. The highest BCUT2D eigenvalue weighted by atomic mass is 79.9. The van der Waals surface area contributed by atoms with Gasteiger partial charge < -0.3 is 10.6 Å². The van der Waals surface area contributed by atoms with E-state index >= 15 is 0 Å². The molecule has 2 N–H and O–H groups in total. The average Bonchev–Trinajstić information content (AvgIpc) is 2.56. The third-order valence-corrected chi connectivity index (χ3v) is 4.74. The van der Waals surface area contributed by atoms with Crippen LogP contribution in [0.3, 0.4) is 0 Å². The Kier molecular flexibility index (Phi) is 7.02. The summed E-state index contributed by atoms with van der Waals surface area (Å²) in [6, 6.07) is 4.74. The fourth-order valence-corrected chi connectivity index (χ4v) is 2.99. The van der Waals surface area contributed by atoms with Gasteiger partial charge in [0.2, 0.25) is 11.8 Å². The van der Waals surface area contributed by atoms with Gasteiger partial charge in [0.05, 0.1) is 4.47 Å². The van der Waals surface area contributed by atoms with Crippen LogP contribution in [0.2, 0.25) is 0 Å². The van der Waals surface area contributed by atoms with Crippen molar-refractivity contribution in [3.63, 3.8) is 0 Å². The lowest BCUT2D eigenvalue weighted by Crippen LogP contribution is -2.35. The highest BCUT2D eigenvalue weighted by molar-refractivity contribution is 9.10. The molecule has 126 valence electrons. The zero-order chi connectivity index (χ0) is 16.7. The van der Waals surface area contributed by atoms with Gasteiger partial charge in [0.25, 0.3) is 0 Å². The first-order valence-corrected chi connectivity index (χ1v) is 8.84. The normalized spacial score (nSPS) is 15.2. The van der Waals surface area contributed by atoms with Crippen LogP contribution in [0.1, 0.15) is 44.1 Å². The van der Waals surface area contributed by atoms with E-state index in [0.717, 1.165) is 25.7 Å². The van der Waals surface area contributed by atoms with Gasteiger partial charge in [-0.2, -0.15) is 0 Å². The van der Waals surface area contributed by atoms with Crippen LogP contribution in [0.5, 0.6) is 0 Å². The van der Waals surface area contributed by atoms with E-state index in [0.29, 0.717) is 16.6 Å². The third-order valence-electron chi connectivity index (χ3n) is 4.10. The molecule has 1 aromatic rings. The van der Waals surface area contributed by atoms with Gasteiger partial charge >= 0.3 is 0 Å². The van der Waals surface area contributed by atoms with Crippen LogP contribution < -0.4 is 10.6 Å². The summed E-state index contributed by atoms with van der Waals surface area (Å²) in [5.74, 6) is -0.334. The molecule has 23 heavy (non-hydrogen) atoms. The fourth-order valence-electron chi connectivity index (χ4n) is 2.75. The minimum Gasteiger partial charge on any atom is -0.355 e. The number of carbonyl (C=O) groups is 2. The van der Waals surface area contributed by atoms with Gasteiger partial charge in [-0.25, -0.2) is 4.39 Å². The largest absolute Gasteiger partial charge is 0.355 e. The van der Waals surface area contributed by atoms with Crippen LogP contribution in [-0.4, -0.2) is 18.4 Å².